The SMILES string of the molecule is COc1cccc(N2CC(S(=O)(=O)Cl)CC2=O)c1Cl. The number of carbonyl (C=O) groups excluding carboxylic acids is 1. The molecule has 1 atom stereocenters. The van der Waals surface area contributed by atoms with Crippen LogP contribution in [0.1, 0.15) is 6.42 Å². The molecule has 0 bridgehead atoms. The van der Waals surface area contributed by atoms with Crippen LogP contribution in [0.5, 0.6) is 5.75 Å². The van der Waals surface area contributed by atoms with Crippen LogP contribution in [-0.2, 0) is 13.8 Å². The summed E-state index contributed by atoms with van der Waals surface area (Å²) >= 11 is 6.11. The number of hydrogen-bond acceptors (Lipinski definition) is 4. The first kappa shape index (κ1) is 14.4. The van der Waals surface area contributed by atoms with Crippen molar-refractivity contribution in [3.8, 4) is 5.75 Å². The van der Waals surface area contributed by atoms with E-state index in [4.69, 9.17) is 27.0 Å². The molecule has 1 unspecified atom stereocenters. The van der Waals surface area contributed by atoms with Crippen molar-refractivity contribution in [1.29, 1.82) is 0 Å². The molecule has 2 rings (SSSR count). The van der Waals surface area contributed by atoms with Gasteiger partial charge in [0.2, 0.25) is 15.0 Å². The fourth-order valence-electron chi connectivity index (χ4n) is 1.96. The summed E-state index contributed by atoms with van der Waals surface area (Å²) in [4.78, 5) is 13.2. The first-order valence-corrected chi connectivity index (χ1v) is 8.16. The largest absolute Gasteiger partial charge is 0.495 e. The lowest BCUT2D eigenvalue weighted by atomic mass is 10.2. The van der Waals surface area contributed by atoms with E-state index in [2.05, 4.69) is 0 Å². The molecule has 0 aromatic heterocycles. The third-order valence-electron chi connectivity index (χ3n) is 2.94. The fraction of sp³-hybridized carbons (Fsp3) is 0.364. The van der Waals surface area contributed by atoms with E-state index in [1.165, 1.54) is 12.0 Å². The second kappa shape index (κ2) is 5.19. The van der Waals surface area contributed by atoms with Gasteiger partial charge in [0.1, 0.15) is 16.0 Å². The lowest BCUT2D eigenvalue weighted by Crippen LogP contribution is -2.27. The number of ether oxygens (including phenoxy) is 1. The van der Waals surface area contributed by atoms with Gasteiger partial charge >= 0.3 is 0 Å². The van der Waals surface area contributed by atoms with Crippen LogP contribution in [0.4, 0.5) is 5.69 Å². The van der Waals surface area contributed by atoms with E-state index in [-0.39, 0.29) is 23.9 Å². The highest BCUT2D eigenvalue weighted by atomic mass is 35.7. The van der Waals surface area contributed by atoms with Crippen molar-refractivity contribution in [3.05, 3.63) is 23.2 Å². The van der Waals surface area contributed by atoms with Crippen molar-refractivity contribution in [1.82, 2.24) is 0 Å². The second-order valence-corrected chi connectivity index (χ2v) is 7.39. The topological polar surface area (TPSA) is 63.7 Å². The summed E-state index contributed by atoms with van der Waals surface area (Å²) < 4.78 is 27.6. The Bertz CT molecular complexity index is 617. The number of rotatable bonds is 3. The van der Waals surface area contributed by atoms with Gasteiger partial charge in [0.15, 0.2) is 0 Å². The molecule has 1 heterocycles. The molecule has 1 fully saturated rings. The summed E-state index contributed by atoms with van der Waals surface area (Å²) in [6.45, 7) is -0.00243. The quantitative estimate of drug-likeness (QED) is 0.798. The van der Waals surface area contributed by atoms with Gasteiger partial charge in [-0.1, -0.05) is 17.7 Å². The molecule has 1 aliphatic heterocycles. The zero-order chi connectivity index (χ0) is 14.2. The van der Waals surface area contributed by atoms with E-state index in [9.17, 15) is 13.2 Å². The van der Waals surface area contributed by atoms with E-state index in [1.54, 1.807) is 18.2 Å². The summed E-state index contributed by atoms with van der Waals surface area (Å²) in [5.74, 6) is 0.0912. The van der Waals surface area contributed by atoms with Crippen molar-refractivity contribution < 1.29 is 17.9 Å². The van der Waals surface area contributed by atoms with E-state index in [1.807, 2.05) is 0 Å². The molecule has 19 heavy (non-hydrogen) atoms. The Kier molecular flexibility index (Phi) is 3.94. The van der Waals surface area contributed by atoms with Crippen LogP contribution >= 0.6 is 22.3 Å². The highest BCUT2D eigenvalue weighted by Gasteiger charge is 2.38. The Labute approximate surface area is 120 Å². The molecule has 0 N–H and O–H groups in total. The summed E-state index contributed by atoms with van der Waals surface area (Å²) in [6.07, 6.45) is -0.140. The van der Waals surface area contributed by atoms with Crippen LogP contribution < -0.4 is 9.64 Å². The monoisotopic (exact) mass is 323 g/mol. The molecule has 5 nitrogen and oxygen atoms in total. The summed E-state index contributed by atoms with van der Waals surface area (Å²) in [5, 5.41) is -0.644. The maximum absolute atomic E-state index is 11.9. The van der Waals surface area contributed by atoms with E-state index >= 15 is 0 Å². The van der Waals surface area contributed by atoms with Gasteiger partial charge in [-0.2, -0.15) is 0 Å². The number of anilines is 1. The van der Waals surface area contributed by atoms with Crippen molar-refractivity contribution in [3.63, 3.8) is 0 Å². The molecule has 1 aliphatic rings. The van der Waals surface area contributed by atoms with Crippen LogP contribution in [0, 0.1) is 0 Å². The molecule has 1 aromatic carbocycles. The van der Waals surface area contributed by atoms with E-state index in [0.29, 0.717) is 11.4 Å². The van der Waals surface area contributed by atoms with Crippen molar-refractivity contribution >= 4 is 42.9 Å². The number of methoxy groups -OCH3 is 1. The third kappa shape index (κ3) is 2.80. The molecule has 0 radical (unpaired) electrons. The highest BCUT2D eigenvalue weighted by Crippen LogP contribution is 2.37. The number of halogens is 2. The fourth-order valence-corrected chi connectivity index (χ4v) is 3.29. The van der Waals surface area contributed by atoms with Crippen molar-refractivity contribution in [2.75, 3.05) is 18.6 Å². The standard InChI is InChI=1S/C11H11Cl2NO4S/c1-18-9-4-2-3-8(11(9)12)14-6-7(5-10(14)15)19(13,16)17/h2-4,7H,5-6H2,1H3. The number of hydrogen-bond donors (Lipinski definition) is 0. The van der Waals surface area contributed by atoms with Crippen LogP contribution in [-0.4, -0.2) is 33.2 Å². The maximum Gasteiger partial charge on any atom is 0.237 e. The first-order chi connectivity index (χ1) is 8.84. The van der Waals surface area contributed by atoms with Gasteiger partial charge in [0, 0.05) is 23.6 Å². The number of benzene rings is 1. The van der Waals surface area contributed by atoms with Gasteiger partial charge in [0.25, 0.3) is 0 Å². The third-order valence-corrected chi connectivity index (χ3v) is 5.19. The number of amides is 1. The van der Waals surface area contributed by atoms with Crippen LogP contribution in [0.25, 0.3) is 0 Å². The highest BCUT2D eigenvalue weighted by molar-refractivity contribution is 8.14. The first-order valence-electron chi connectivity index (χ1n) is 5.41. The van der Waals surface area contributed by atoms with Gasteiger partial charge in [-0.3, -0.25) is 4.79 Å². The van der Waals surface area contributed by atoms with Gasteiger partial charge in [-0.05, 0) is 12.1 Å². The molecular formula is C11H11Cl2NO4S. The second-order valence-electron chi connectivity index (χ2n) is 4.10. The Morgan fingerprint density at radius 1 is 1.42 bits per heavy atom. The summed E-state index contributed by atoms with van der Waals surface area (Å²) in [6, 6.07) is 4.96. The van der Waals surface area contributed by atoms with Crippen molar-refractivity contribution in [2.45, 2.75) is 11.7 Å². The molecule has 1 saturated heterocycles. The molecular weight excluding hydrogens is 313 g/mol. The van der Waals surface area contributed by atoms with Gasteiger partial charge in [0.05, 0.1) is 12.8 Å². The molecule has 8 heteroatoms. The van der Waals surface area contributed by atoms with Crippen LogP contribution in [0.3, 0.4) is 0 Å². The predicted molar refractivity (Wildman–Crippen MR) is 73.5 cm³/mol. The van der Waals surface area contributed by atoms with E-state index in [0.717, 1.165) is 0 Å². The van der Waals surface area contributed by atoms with Gasteiger partial charge in [-0.15, -0.1) is 0 Å². The van der Waals surface area contributed by atoms with Crippen LogP contribution in [0.15, 0.2) is 18.2 Å². The smallest absolute Gasteiger partial charge is 0.237 e. The summed E-state index contributed by atoms with van der Waals surface area (Å²) in [7, 11) is 2.98. The lowest BCUT2D eigenvalue weighted by Gasteiger charge is -2.18. The summed E-state index contributed by atoms with van der Waals surface area (Å²) in [5.41, 5.74) is 0.425. The van der Waals surface area contributed by atoms with Gasteiger partial charge in [-0.25, -0.2) is 8.42 Å². The minimum Gasteiger partial charge on any atom is -0.495 e. The molecule has 1 amide bonds. The molecule has 0 spiro atoms. The van der Waals surface area contributed by atoms with Gasteiger partial charge < -0.3 is 9.64 Å². The average Bonchev–Trinajstić information content (AvgIpc) is 2.71. The molecule has 0 aliphatic carbocycles. The van der Waals surface area contributed by atoms with Crippen molar-refractivity contribution in [2.24, 2.45) is 0 Å². The lowest BCUT2D eigenvalue weighted by molar-refractivity contribution is -0.117. The predicted octanol–water partition coefficient (Wildman–Crippen LogP) is 2.02. The average molecular weight is 324 g/mol. The Morgan fingerprint density at radius 2 is 2.11 bits per heavy atom. The van der Waals surface area contributed by atoms with Crippen LogP contribution in [0.2, 0.25) is 5.02 Å². The zero-order valence-corrected chi connectivity index (χ0v) is 12.3. The number of nitrogens with zero attached hydrogens (tertiary/aromatic N) is 1. The Hall–Kier alpha value is -0.980. The number of carbonyl (C=O) groups is 1. The Balaban J connectivity index is 2.36. The minimum absolute atomic E-state index is 0.00243. The molecule has 0 saturated carbocycles. The normalized spacial score (nSPS) is 19.8. The Morgan fingerprint density at radius 3 is 2.63 bits per heavy atom. The zero-order valence-electron chi connectivity index (χ0n) is 9.97. The molecule has 104 valence electrons. The van der Waals surface area contributed by atoms with E-state index < -0.39 is 14.3 Å². The maximum atomic E-state index is 11.9. The minimum atomic E-state index is -3.77. The molecule has 1 aromatic rings.